The fourth-order valence-electron chi connectivity index (χ4n) is 0.999. The van der Waals surface area contributed by atoms with Gasteiger partial charge in [0.15, 0.2) is 0 Å². The molecule has 0 bridgehead atoms. The van der Waals surface area contributed by atoms with Crippen LogP contribution in [0.1, 0.15) is 5.56 Å². The molecule has 0 saturated heterocycles. The summed E-state index contributed by atoms with van der Waals surface area (Å²) in [6, 6.07) is 7.96. The molecule has 0 unspecified atom stereocenters. The summed E-state index contributed by atoms with van der Waals surface area (Å²) in [4.78, 5) is 0. The van der Waals surface area contributed by atoms with Gasteiger partial charge in [-0.25, -0.2) is 0 Å². The Labute approximate surface area is 82.4 Å². The fourth-order valence-corrected chi connectivity index (χ4v) is 1.25. The molecule has 1 aromatic carbocycles. The van der Waals surface area contributed by atoms with Crippen LogP contribution in [0.4, 0.5) is 5.69 Å². The van der Waals surface area contributed by atoms with Crippen molar-refractivity contribution in [3.63, 3.8) is 0 Å². The molecule has 0 aliphatic heterocycles. The molecule has 0 amide bonds. The summed E-state index contributed by atoms with van der Waals surface area (Å²) in [6.45, 7) is 0. The van der Waals surface area contributed by atoms with Crippen molar-refractivity contribution in [1.82, 2.24) is 0 Å². The van der Waals surface area contributed by atoms with Crippen LogP contribution in [0, 0.1) is 0 Å². The van der Waals surface area contributed by atoms with E-state index in [9.17, 15) is 0 Å². The van der Waals surface area contributed by atoms with E-state index in [1.165, 1.54) is 0 Å². The molecule has 1 aromatic rings. The van der Waals surface area contributed by atoms with Crippen molar-refractivity contribution in [3.05, 3.63) is 34.2 Å². The molecule has 1 N–H and O–H groups in total. The summed E-state index contributed by atoms with van der Waals surface area (Å²) >= 11 is 3.19. The van der Waals surface area contributed by atoms with E-state index >= 15 is 0 Å². The molecule has 1 nitrogen and oxygen atoms in total. The molecule has 12 heavy (non-hydrogen) atoms. The predicted octanol–water partition coefficient (Wildman–Crippen LogP) is 2.59. The van der Waals surface area contributed by atoms with Crippen LogP contribution < -0.4 is 5.32 Å². The lowest BCUT2D eigenvalue weighted by Gasteiger charge is -2.04. The lowest BCUT2D eigenvalue weighted by atomic mass is 10.1. The van der Waals surface area contributed by atoms with E-state index in [4.69, 9.17) is 7.85 Å². The monoisotopic (exact) mass is 221 g/mol. The van der Waals surface area contributed by atoms with Gasteiger partial charge in [0.2, 0.25) is 0 Å². The van der Waals surface area contributed by atoms with E-state index in [0.717, 1.165) is 11.3 Å². The number of benzene rings is 1. The molecule has 3 heteroatoms. The molecule has 2 radical (unpaired) electrons. The smallest absolute Gasteiger partial charge is 0.124 e. The minimum absolute atomic E-state index is 0.630. The third-order valence-electron chi connectivity index (χ3n) is 1.52. The molecule has 60 valence electrons. The maximum Gasteiger partial charge on any atom is 0.124 e. The van der Waals surface area contributed by atoms with Crippen LogP contribution in [0.2, 0.25) is 0 Å². The first-order chi connectivity index (χ1) is 5.74. The van der Waals surface area contributed by atoms with Crippen LogP contribution in [0.3, 0.4) is 0 Å². The zero-order valence-corrected chi connectivity index (χ0v) is 8.43. The molecule has 0 atom stereocenters. The van der Waals surface area contributed by atoms with E-state index in [1.807, 2.05) is 37.4 Å². The van der Waals surface area contributed by atoms with Gasteiger partial charge in [-0.1, -0.05) is 44.6 Å². The van der Waals surface area contributed by atoms with Crippen molar-refractivity contribution < 1.29 is 0 Å². The Morgan fingerprint density at radius 3 is 2.75 bits per heavy atom. The lowest BCUT2D eigenvalue weighted by Crippen LogP contribution is -1.90. The Hall–Kier alpha value is -0.695. The van der Waals surface area contributed by atoms with Gasteiger partial charge in [-0.15, -0.1) is 0 Å². The van der Waals surface area contributed by atoms with Crippen molar-refractivity contribution in [3.8, 4) is 0 Å². The van der Waals surface area contributed by atoms with Crippen molar-refractivity contribution in [2.45, 2.75) is 0 Å². The Bertz CT molecular complexity index is 292. The molecule has 0 heterocycles. The number of hydrogen-bond donors (Lipinski definition) is 1. The van der Waals surface area contributed by atoms with Gasteiger partial charge in [0, 0.05) is 12.7 Å². The van der Waals surface area contributed by atoms with Gasteiger partial charge in [0.1, 0.15) is 7.85 Å². The van der Waals surface area contributed by atoms with Gasteiger partial charge < -0.3 is 5.32 Å². The first kappa shape index (κ1) is 9.39. The third-order valence-corrected chi connectivity index (χ3v) is 1.75. The van der Waals surface area contributed by atoms with Crippen LogP contribution in [0.15, 0.2) is 28.6 Å². The number of nitrogens with one attached hydrogen (secondary N) is 1. The van der Waals surface area contributed by atoms with Gasteiger partial charge in [-0.05, 0) is 11.6 Å². The van der Waals surface area contributed by atoms with E-state index < -0.39 is 0 Å². The molecule has 0 aliphatic carbocycles. The number of rotatable bonds is 2. The molecule has 0 spiro atoms. The average Bonchev–Trinajstić information content (AvgIpc) is 2.04. The second-order valence-electron chi connectivity index (χ2n) is 2.37. The fraction of sp³-hybridized carbons (Fsp3) is 0.111. The predicted molar refractivity (Wildman–Crippen MR) is 58.6 cm³/mol. The summed E-state index contributed by atoms with van der Waals surface area (Å²) in [5.41, 5.74) is 2.15. The second kappa shape index (κ2) is 4.36. The number of anilines is 1. The molecule has 0 fully saturated rings. The molecular weight excluding hydrogens is 213 g/mol. The standard InChI is InChI=1S/C9H9BBrN/c1-12-8-5-3-2-4-7(8)6-9(10)11/h2-6,12H,1H3/b9-6+. The Balaban J connectivity index is 3.05. The Morgan fingerprint density at radius 2 is 2.17 bits per heavy atom. The lowest BCUT2D eigenvalue weighted by molar-refractivity contribution is 1.49. The number of halogens is 1. The third kappa shape index (κ3) is 2.41. The average molecular weight is 222 g/mol. The molecule has 0 aromatic heterocycles. The highest BCUT2D eigenvalue weighted by Crippen LogP contribution is 2.18. The van der Waals surface area contributed by atoms with Gasteiger partial charge in [-0.3, -0.25) is 0 Å². The highest BCUT2D eigenvalue weighted by atomic mass is 79.9. The van der Waals surface area contributed by atoms with Crippen LogP contribution in [0.5, 0.6) is 0 Å². The van der Waals surface area contributed by atoms with Crippen molar-refractivity contribution in [2.75, 3.05) is 12.4 Å². The quantitative estimate of drug-likeness (QED) is 0.758. The van der Waals surface area contributed by atoms with Crippen molar-refractivity contribution in [2.24, 2.45) is 0 Å². The van der Waals surface area contributed by atoms with Gasteiger partial charge in [0.05, 0.1) is 0 Å². The zero-order valence-electron chi connectivity index (χ0n) is 6.84. The topological polar surface area (TPSA) is 12.0 Å². The normalized spacial score (nSPS) is 11.3. The molecule has 0 saturated carbocycles. The Kier molecular flexibility index (Phi) is 3.41. The maximum absolute atomic E-state index is 5.50. The number of para-hydroxylation sites is 1. The largest absolute Gasteiger partial charge is 0.388 e. The van der Waals surface area contributed by atoms with Gasteiger partial charge in [0.25, 0.3) is 0 Å². The van der Waals surface area contributed by atoms with E-state index in [2.05, 4.69) is 21.2 Å². The van der Waals surface area contributed by atoms with Crippen LogP contribution in [-0.4, -0.2) is 14.9 Å². The molecule has 0 aliphatic rings. The van der Waals surface area contributed by atoms with E-state index in [-0.39, 0.29) is 0 Å². The summed E-state index contributed by atoms with van der Waals surface area (Å²) in [6.07, 6.45) is 1.87. The highest BCUT2D eigenvalue weighted by molar-refractivity contribution is 9.12. The van der Waals surface area contributed by atoms with Crippen LogP contribution in [-0.2, 0) is 0 Å². The Morgan fingerprint density at radius 1 is 1.50 bits per heavy atom. The second-order valence-corrected chi connectivity index (χ2v) is 3.28. The summed E-state index contributed by atoms with van der Waals surface area (Å²) in [5, 5.41) is 3.08. The van der Waals surface area contributed by atoms with Crippen molar-refractivity contribution >= 4 is 35.5 Å². The summed E-state index contributed by atoms with van der Waals surface area (Å²) in [7, 11) is 7.38. The first-order valence-electron chi connectivity index (χ1n) is 3.63. The summed E-state index contributed by atoms with van der Waals surface area (Å²) < 4.78 is 0.630. The first-order valence-corrected chi connectivity index (χ1v) is 4.43. The molecular formula is C9H9BBrN. The highest BCUT2D eigenvalue weighted by Gasteiger charge is 1.94. The minimum atomic E-state index is 0.630. The van der Waals surface area contributed by atoms with Crippen LogP contribution >= 0.6 is 15.9 Å². The SMILES string of the molecule is [B]/C(Br)=C\c1ccccc1NC. The van der Waals surface area contributed by atoms with Crippen LogP contribution in [0.25, 0.3) is 6.08 Å². The van der Waals surface area contributed by atoms with E-state index in [1.54, 1.807) is 0 Å². The van der Waals surface area contributed by atoms with Crippen molar-refractivity contribution in [1.29, 1.82) is 0 Å². The van der Waals surface area contributed by atoms with Gasteiger partial charge >= 0.3 is 0 Å². The maximum atomic E-state index is 5.50. The minimum Gasteiger partial charge on any atom is -0.388 e. The number of hydrogen-bond acceptors (Lipinski definition) is 1. The van der Waals surface area contributed by atoms with Gasteiger partial charge in [-0.2, -0.15) is 0 Å². The summed E-state index contributed by atoms with van der Waals surface area (Å²) in [5.74, 6) is 0. The zero-order chi connectivity index (χ0) is 8.97. The molecule has 1 rings (SSSR count). The van der Waals surface area contributed by atoms with E-state index in [0.29, 0.717) is 4.38 Å².